The van der Waals surface area contributed by atoms with Gasteiger partial charge >= 0.3 is 0 Å². The molecule has 6 nitrogen and oxygen atoms in total. The topological polar surface area (TPSA) is 70.7 Å². The zero-order chi connectivity index (χ0) is 23.8. The molecule has 2 aromatic rings. The Morgan fingerprint density at radius 1 is 1.03 bits per heavy atom. The van der Waals surface area contributed by atoms with Crippen molar-refractivity contribution in [2.24, 2.45) is 5.92 Å². The third kappa shape index (κ3) is 6.57. The van der Waals surface area contributed by atoms with Gasteiger partial charge in [0.25, 0.3) is 5.91 Å². The molecule has 0 aromatic heterocycles. The SMILES string of the molecule is COc1ccccc1C(CNC(=O)C(CC(C)C)NC(=O)c1ccccc1C)N1CCCC1. The van der Waals surface area contributed by atoms with Crippen LogP contribution in [0.5, 0.6) is 5.75 Å². The summed E-state index contributed by atoms with van der Waals surface area (Å²) in [7, 11) is 1.68. The van der Waals surface area contributed by atoms with Gasteiger partial charge in [-0.25, -0.2) is 0 Å². The van der Waals surface area contributed by atoms with Crippen LogP contribution in [0, 0.1) is 12.8 Å². The van der Waals surface area contributed by atoms with E-state index in [1.165, 1.54) is 0 Å². The Morgan fingerprint density at radius 2 is 1.70 bits per heavy atom. The number of ether oxygens (including phenoxy) is 1. The molecule has 1 aliphatic rings. The van der Waals surface area contributed by atoms with E-state index in [1.54, 1.807) is 13.2 Å². The summed E-state index contributed by atoms with van der Waals surface area (Å²) in [6.45, 7) is 8.48. The second-order valence-electron chi connectivity index (χ2n) is 9.22. The summed E-state index contributed by atoms with van der Waals surface area (Å²) in [6, 6.07) is 14.9. The lowest BCUT2D eigenvalue weighted by molar-refractivity contribution is -0.123. The van der Waals surface area contributed by atoms with E-state index in [4.69, 9.17) is 4.74 Å². The lowest BCUT2D eigenvalue weighted by Crippen LogP contribution is -2.49. The van der Waals surface area contributed by atoms with Crippen molar-refractivity contribution in [2.75, 3.05) is 26.7 Å². The van der Waals surface area contributed by atoms with Gasteiger partial charge in [-0.15, -0.1) is 0 Å². The number of likely N-dealkylation sites (tertiary alicyclic amines) is 1. The van der Waals surface area contributed by atoms with Crippen LogP contribution in [0.2, 0.25) is 0 Å². The lowest BCUT2D eigenvalue weighted by atomic mass is 10.0. The van der Waals surface area contributed by atoms with Crippen molar-refractivity contribution in [2.45, 2.75) is 52.1 Å². The molecule has 0 radical (unpaired) electrons. The molecule has 0 bridgehead atoms. The van der Waals surface area contributed by atoms with Crippen LogP contribution in [0.15, 0.2) is 48.5 Å². The highest BCUT2D eigenvalue weighted by Gasteiger charge is 2.28. The number of rotatable bonds is 10. The van der Waals surface area contributed by atoms with Gasteiger partial charge in [-0.2, -0.15) is 0 Å². The molecule has 1 heterocycles. The van der Waals surface area contributed by atoms with E-state index in [0.29, 0.717) is 18.5 Å². The summed E-state index contributed by atoms with van der Waals surface area (Å²) in [5.74, 6) is 0.733. The molecule has 178 valence electrons. The molecule has 0 aliphatic carbocycles. The minimum absolute atomic E-state index is 0.0272. The molecule has 1 fully saturated rings. The van der Waals surface area contributed by atoms with Crippen LogP contribution < -0.4 is 15.4 Å². The van der Waals surface area contributed by atoms with Crippen molar-refractivity contribution < 1.29 is 14.3 Å². The van der Waals surface area contributed by atoms with E-state index >= 15 is 0 Å². The standard InChI is InChI=1S/C27H37N3O3/c1-19(2)17-23(29-26(31)21-12-6-5-11-20(21)3)27(32)28-18-24(30-15-9-10-16-30)22-13-7-8-14-25(22)33-4/h5-8,11-14,19,23-24H,9-10,15-18H2,1-4H3,(H,28,32)(H,29,31). The number of nitrogens with zero attached hydrogens (tertiary/aromatic N) is 1. The Bertz CT molecular complexity index is 938. The van der Waals surface area contributed by atoms with Gasteiger partial charge < -0.3 is 15.4 Å². The van der Waals surface area contributed by atoms with Crippen molar-refractivity contribution >= 4 is 11.8 Å². The number of benzene rings is 2. The summed E-state index contributed by atoms with van der Waals surface area (Å²) in [6.07, 6.45) is 2.89. The number of methoxy groups -OCH3 is 1. The fraction of sp³-hybridized carbons (Fsp3) is 0.481. The average Bonchev–Trinajstić information content (AvgIpc) is 3.33. The monoisotopic (exact) mass is 451 g/mol. The smallest absolute Gasteiger partial charge is 0.252 e. The largest absolute Gasteiger partial charge is 0.496 e. The maximum atomic E-state index is 13.3. The number of hydrogen-bond acceptors (Lipinski definition) is 4. The first-order chi connectivity index (χ1) is 15.9. The third-order valence-corrected chi connectivity index (χ3v) is 6.27. The second-order valence-corrected chi connectivity index (χ2v) is 9.22. The summed E-state index contributed by atoms with van der Waals surface area (Å²) in [4.78, 5) is 28.6. The fourth-order valence-electron chi connectivity index (χ4n) is 4.52. The Balaban J connectivity index is 1.74. The molecule has 2 atom stereocenters. The first kappa shape index (κ1) is 24.8. The highest BCUT2D eigenvalue weighted by molar-refractivity contribution is 5.98. The molecule has 1 aliphatic heterocycles. The van der Waals surface area contributed by atoms with Crippen molar-refractivity contribution in [3.05, 3.63) is 65.2 Å². The van der Waals surface area contributed by atoms with E-state index in [-0.39, 0.29) is 23.8 Å². The van der Waals surface area contributed by atoms with Crippen LogP contribution in [0.3, 0.4) is 0 Å². The quantitative estimate of drug-likeness (QED) is 0.571. The molecular formula is C27H37N3O3. The molecular weight excluding hydrogens is 414 g/mol. The zero-order valence-electron chi connectivity index (χ0n) is 20.3. The first-order valence-corrected chi connectivity index (χ1v) is 11.9. The zero-order valence-corrected chi connectivity index (χ0v) is 20.3. The summed E-state index contributed by atoms with van der Waals surface area (Å²) < 4.78 is 5.61. The van der Waals surface area contributed by atoms with Crippen molar-refractivity contribution in [1.29, 1.82) is 0 Å². The van der Waals surface area contributed by atoms with Crippen molar-refractivity contribution in [3.63, 3.8) is 0 Å². The molecule has 2 N–H and O–H groups in total. The summed E-state index contributed by atoms with van der Waals surface area (Å²) in [5.41, 5.74) is 2.57. The highest BCUT2D eigenvalue weighted by Crippen LogP contribution is 2.31. The number of carbonyl (C=O) groups is 2. The van der Waals surface area contributed by atoms with Gasteiger partial charge in [0.15, 0.2) is 0 Å². The number of aryl methyl sites for hydroxylation is 1. The number of para-hydroxylation sites is 1. The molecule has 0 spiro atoms. The predicted octanol–water partition coefficient (Wildman–Crippen LogP) is 4.10. The van der Waals surface area contributed by atoms with Crippen LogP contribution in [-0.2, 0) is 4.79 Å². The van der Waals surface area contributed by atoms with Gasteiger partial charge in [0, 0.05) is 17.7 Å². The molecule has 6 heteroatoms. The summed E-state index contributed by atoms with van der Waals surface area (Å²) >= 11 is 0. The maximum absolute atomic E-state index is 13.3. The van der Waals surface area contributed by atoms with E-state index in [9.17, 15) is 9.59 Å². The minimum Gasteiger partial charge on any atom is -0.496 e. The molecule has 2 unspecified atom stereocenters. The Labute approximate surface area is 197 Å². The Hall–Kier alpha value is -2.86. The molecule has 0 saturated carbocycles. The van der Waals surface area contributed by atoms with Crippen LogP contribution in [-0.4, -0.2) is 49.5 Å². The van der Waals surface area contributed by atoms with Gasteiger partial charge in [-0.1, -0.05) is 50.2 Å². The van der Waals surface area contributed by atoms with E-state index in [2.05, 4.69) is 35.4 Å². The van der Waals surface area contributed by atoms with E-state index in [1.807, 2.05) is 43.3 Å². The number of amides is 2. The number of carbonyl (C=O) groups excluding carboxylic acids is 2. The van der Waals surface area contributed by atoms with Gasteiger partial charge in [-0.05, 0) is 62.9 Å². The van der Waals surface area contributed by atoms with Crippen LogP contribution >= 0.6 is 0 Å². The molecule has 3 rings (SSSR count). The van der Waals surface area contributed by atoms with Crippen LogP contribution in [0.4, 0.5) is 0 Å². The Morgan fingerprint density at radius 3 is 2.36 bits per heavy atom. The molecule has 2 amide bonds. The van der Waals surface area contributed by atoms with Crippen molar-refractivity contribution in [3.8, 4) is 5.75 Å². The fourth-order valence-corrected chi connectivity index (χ4v) is 4.52. The molecule has 33 heavy (non-hydrogen) atoms. The molecule has 1 saturated heterocycles. The van der Waals surface area contributed by atoms with Gasteiger partial charge in [0.05, 0.1) is 13.2 Å². The number of nitrogens with one attached hydrogen (secondary N) is 2. The van der Waals surface area contributed by atoms with E-state index < -0.39 is 6.04 Å². The third-order valence-electron chi connectivity index (χ3n) is 6.27. The van der Waals surface area contributed by atoms with Gasteiger partial charge in [0.2, 0.25) is 5.91 Å². The second kappa shape index (κ2) is 11.8. The van der Waals surface area contributed by atoms with Crippen LogP contribution in [0.25, 0.3) is 0 Å². The van der Waals surface area contributed by atoms with Gasteiger partial charge in [-0.3, -0.25) is 14.5 Å². The first-order valence-electron chi connectivity index (χ1n) is 11.9. The Kier molecular flexibility index (Phi) is 8.89. The van der Waals surface area contributed by atoms with Gasteiger partial charge in [0.1, 0.15) is 11.8 Å². The molecule has 2 aromatic carbocycles. The normalized spacial score (nSPS) is 15.8. The number of hydrogen-bond donors (Lipinski definition) is 2. The predicted molar refractivity (Wildman–Crippen MR) is 131 cm³/mol. The van der Waals surface area contributed by atoms with E-state index in [0.717, 1.165) is 42.8 Å². The average molecular weight is 452 g/mol. The van der Waals surface area contributed by atoms with Crippen molar-refractivity contribution in [1.82, 2.24) is 15.5 Å². The lowest BCUT2D eigenvalue weighted by Gasteiger charge is -2.30. The summed E-state index contributed by atoms with van der Waals surface area (Å²) in [5, 5.41) is 6.11. The maximum Gasteiger partial charge on any atom is 0.252 e. The highest BCUT2D eigenvalue weighted by atomic mass is 16.5. The minimum atomic E-state index is -0.589. The van der Waals surface area contributed by atoms with Crippen LogP contribution in [0.1, 0.15) is 60.6 Å².